The van der Waals surface area contributed by atoms with Crippen LogP contribution in [0.25, 0.3) is 0 Å². The molecule has 3 N–H and O–H groups in total. The molecule has 1 fully saturated rings. The molecule has 1 amide bonds. The van der Waals surface area contributed by atoms with Gasteiger partial charge in [0.15, 0.2) is 0 Å². The lowest BCUT2D eigenvalue weighted by Crippen LogP contribution is -2.70. The lowest BCUT2D eigenvalue weighted by Gasteiger charge is -2.60. The van der Waals surface area contributed by atoms with Crippen molar-refractivity contribution in [1.29, 1.82) is 0 Å². The molecule has 66 heavy (non-hydrogen) atoms. The number of aliphatic hydroxyl groups excluding tert-OH is 3. The summed E-state index contributed by atoms with van der Waals surface area (Å²) in [5.41, 5.74) is 2.16. The van der Waals surface area contributed by atoms with Gasteiger partial charge in [-0.3, -0.25) is 4.79 Å². The predicted octanol–water partition coefficient (Wildman–Crippen LogP) is 11.4. The number of amides is 1. The van der Waals surface area contributed by atoms with Crippen molar-refractivity contribution in [2.45, 2.75) is 165 Å². The second-order valence-electron chi connectivity index (χ2n) is 19.3. The third-order valence-electron chi connectivity index (χ3n) is 13.3. The Balaban J connectivity index is 1.67. The normalized spacial score (nSPS) is 22.8. The molecule has 0 aromatic heterocycles. The number of thioether (sulfide) groups is 1. The first kappa shape index (κ1) is 53.6. The highest BCUT2D eigenvalue weighted by Crippen LogP contribution is 2.62. The van der Waals surface area contributed by atoms with E-state index in [1.807, 2.05) is 49.9 Å². The topological polar surface area (TPSA) is 140 Å². The van der Waals surface area contributed by atoms with Crippen molar-refractivity contribution < 1.29 is 43.9 Å². The number of nitrogens with zero attached hydrogens (tertiary/aromatic N) is 2. The molecule has 5 rings (SSSR count). The number of hydrogen-bond donors (Lipinski definition) is 3. The highest BCUT2D eigenvalue weighted by Gasteiger charge is 2.65. The van der Waals surface area contributed by atoms with Crippen molar-refractivity contribution in [3.8, 4) is 17.2 Å². The van der Waals surface area contributed by atoms with Crippen LogP contribution in [0.1, 0.15) is 148 Å². The van der Waals surface area contributed by atoms with Crippen LogP contribution in [0.3, 0.4) is 0 Å². The molecule has 1 saturated carbocycles. The number of oxime groups is 1. The van der Waals surface area contributed by atoms with Gasteiger partial charge in [-0.2, -0.15) is 0 Å². The SMILES string of the molecule is C=CCO[C@@]12Oc3ccc(Oc4ccc(SC)cc4)cc3[C@H]3[C@H](CCCCO)[C@@H](CCCCO)C=C(C(=NOC(C)(C)C)C[C@@H]1N(CCOCCO)C(=O)CCCCCCCCCCC)[C@H]32. The van der Waals surface area contributed by atoms with Gasteiger partial charge in [-0.25, -0.2) is 0 Å². The Labute approximate surface area is 400 Å². The van der Waals surface area contributed by atoms with Crippen molar-refractivity contribution in [2.75, 3.05) is 52.4 Å². The van der Waals surface area contributed by atoms with Gasteiger partial charge in [0.2, 0.25) is 11.7 Å². The summed E-state index contributed by atoms with van der Waals surface area (Å²) >= 11 is 1.68. The van der Waals surface area contributed by atoms with Gasteiger partial charge >= 0.3 is 0 Å². The van der Waals surface area contributed by atoms with Crippen LogP contribution in [0.5, 0.6) is 17.2 Å². The average molecular weight is 935 g/mol. The van der Waals surface area contributed by atoms with E-state index in [9.17, 15) is 20.1 Å². The summed E-state index contributed by atoms with van der Waals surface area (Å²) in [6.45, 7) is 13.2. The molecule has 2 aromatic carbocycles. The second-order valence-corrected chi connectivity index (χ2v) is 20.1. The Morgan fingerprint density at radius 3 is 2.23 bits per heavy atom. The molecule has 6 atom stereocenters. The maximum absolute atomic E-state index is 15.0. The molecule has 0 bridgehead atoms. The molecule has 12 heteroatoms. The van der Waals surface area contributed by atoms with E-state index in [4.69, 9.17) is 28.9 Å². The first-order valence-corrected chi connectivity index (χ1v) is 26.3. The lowest BCUT2D eigenvalue weighted by atomic mass is 9.55. The highest BCUT2D eigenvalue weighted by atomic mass is 32.2. The summed E-state index contributed by atoms with van der Waals surface area (Å²) in [6.07, 6.45) is 21.9. The van der Waals surface area contributed by atoms with Crippen molar-refractivity contribution in [2.24, 2.45) is 22.9 Å². The van der Waals surface area contributed by atoms with Crippen LogP contribution in [0.15, 0.2) is 76.8 Å². The minimum atomic E-state index is -1.37. The van der Waals surface area contributed by atoms with Crippen LogP contribution in [0.4, 0.5) is 0 Å². The summed E-state index contributed by atoms with van der Waals surface area (Å²) < 4.78 is 27.1. The fourth-order valence-electron chi connectivity index (χ4n) is 10.2. The molecular formula is C54H82N2O9S. The van der Waals surface area contributed by atoms with Crippen LogP contribution in [0, 0.1) is 17.8 Å². The van der Waals surface area contributed by atoms with E-state index >= 15 is 0 Å². The molecule has 1 heterocycles. The molecule has 0 spiro atoms. The van der Waals surface area contributed by atoms with Crippen LogP contribution in [-0.2, 0) is 19.1 Å². The van der Waals surface area contributed by atoms with E-state index in [-0.39, 0.29) is 69.8 Å². The van der Waals surface area contributed by atoms with E-state index in [0.717, 1.165) is 72.4 Å². The standard InChI is InChI=1S/C54H82N2O9S/c1-7-9-10-11-12-13-14-15-16-23-50(60)56(30-35-61-36-33-59)49-39-47(55-65-53(3,4)5)45-37-40(21-17-19-31-57)44(22-18-20-32-58)51-46-38-42(63-41-24-27-43(66-6)28-25-41)26-29-48(46)64-54(49,52(45)51)62-34-8-2/h8,24-29,37-38,40,44,49,51-52,57-59H,2,7,9-23,30-36,39H2,1,3-6H3/t40-,44+,49-,51+,52+,54+/m0/s1. The summed E-state index contributed by atoms with van der Waals surface area (Å²) in [4.78, 5) is 24.3. The number of carbonyl (C=O) groups is 1. The van der Waals surface area contributed by atoms with Gasteiger partial charge in [0.05, 0.1) is 38.1 Å². The molecular weight excluding hydrogens is 853 g/mol. The Hall–Kier alpha value is -3.39. The number of benzene rings is 2. The first-order chi connectivity index (χ1) is 32.0. The Kier molecular flexibility index (Phi) is 22.4. The molecule has 0 saturated heterocycles. The van der Waals surface area contributed by atoms with Crippen LogP contribution in [-0.4, -0.2) is 102 Å². The zero-order valence-corrected chi connectivity index (χ0v) is 41.7. The van der Waals surface area contributed by atoms with E-state index in [2.05, 4.69) is 44.0 Å². The minimum absolute atomic E-state index is 0.0000124. The zero-order valence-electron chi connectivity index (χ0n) is 40.9. The van der Waals surface area contributed by atoms with E-state index in [0.29, 0.717) is 37.2 Å². The number of unbranched alkanes of at least 4 members (excludes halogenated alkanes) is 10. The Morgan fingerprint density at radius 1 is 0.894 bits per heavy atom. The van der Waals surface area contributed by atoms with Crippen molar-refractivity contribution >= 4 is 23.4 Å². The molecule has 0 radical (unpaired) electrons. The number of rotatable bonds is 31. The van der Waals surface area contributed by atoms with Gasteiger partial charge in [0, 0.05) is 49.0 Å². The summed E-state index contributed by atoms with van der Waals surface area (Å²) in [7, 11) is 0. The predicted molar refractivity (Wildman–Crippen MR) is 266 cm³/mol. The third kappa shape index (κ3) is 14.8. The number of allylic oxidation sites excluding steroid dienone is 1. The molecule has 1 aliphatic heterocycles. The number of ether oxygens (including phenoxy) is 4. The fraction of sp³-hybridized carbons (Fsp3) is 0.667. The molecule has 3 aliphatic rings. The summed E-state index contributed by atoms with van der Waals surface area (Å²) in [5.74, 6) is 0.292. The van der Waals surface area contributed by atoms with E-state index in [1.165, 1.54) is 38.5 Å². The number of aliphatic hydroxyl groups is 3. The second kappa shape index (κ2) is 27.6. The highest BCUT2D eigenvalue weighted by molar-refractivity contribution is 7.98. The quantitative estimate of drug-likeness (QED) is 0.0290. The zero-order chi connectivity index (χ0) is 47.4. The molecule has 368 valence electrons. The number of fused-ring (bicyclic) bond motifs is 2. The third-order valence-corrected chi connectivity index (χ3v) is 14.0. The van der Waals surface area contributed by atoms with Crippen molar-refractivity contribution in [3.05, 3.63) is 72.3 Å². The van der Waals surface area contributed by atoms with Crippen LogP contribution >= 0.6 is 11.8 Å². The van der Waals surface area contributed by atoms with Gasteiger partial charge in [-0.1, -0.05) is 88.4 Å². The van der Waals surface area contributed by atoms with Gasteiger partial charge in [0.1, 0.15) is 28.9 Å². The number of carbonyl (C=O) groups excluding carboxylic acids is 1. The van der Waals surface area contributed by atoms with Gasteiger partial charge in [-0.15, -0.1) is 18.3 Å². The van der Waals surface area contributed by atoms with Crippen molar-refractivity contribution in [3.63, 3.8) is 0 Å². The molecule has 2 aliphatic carbocycles. The lowest BCUT2D eigenvalue weighted by molar-refractivity contribution is -0.258. The van der Waals surface area contributed by atoms with E-state index in [1.54, 1.807) is 17.8 Å². The average Bonchev–Trinajstić information content (AvgIpc) is 3.31. The number of hydrogen-bond acceptors (Lipinski definition) is 11. The molecule has 0 unspecified atom stereocenters. The Morgan fingerprint density at radius 2 is 1.58 bits per heavy atom. The maximum Gasteiger partial charge on any atom is 0.239 e. The van der Waals surface area contributed by atoms with Crippen LogP contribution < -0.4 is 9.47 Å². The van der Waals surface area contributed by atoms with Gasteiger partial charge < -0.3 is 44.0 Å². The maximum atomic E-state index is 15.0. The Bertz CT molecular complexity index is 1830. The van der Waals surface area contributed by atoms with E-state index < -0.39 is 23.3 Å². The smallest absolute Gasteiger partial charge is 0.239 e. The minimum Gasteiger partial charge on any atom is -0.459 e. The first-order valence-electron chi connectivity index (χ1n) is 25.1. The molecule has 11 nitrogen and oxygen atoms in total. The van der Waals surface area contributed by atoms with Crippen molar-refractivity contribution in [1.82, 2.24) is 4.90 Å². The van der Waals surface area contributed by atoms with Crippen LogP contribution in [0.2, 0.25) is 0 Å². The summed E-state index contributed by atoms with van der Waals surface area (Å²) in [6, 6.07) is 13.5. The largest absolute Gasteiger partial charge is 0.459 e. The summed E-state index contributed by atoms with van der Waals surface area (Å²) in [5, 5.41) is 34.7. The van der Waals surface area contributed by atoms with Gasteiger partial charge in [-0.05, 0) is 119 Å². The monoisotopic (exact) mass is 935 g/mol. The fourth-order valence-corrected chi connectivity index (χ4v) is 10.6. The molecule has 2 aromatic rings. The van der Waals surface area contributed by atoms with Gasteiger partial charge in [0.25, 0.3) is 0 Å².